The van der Waals surface area contributed by atoms with Crippen LogP contribution in [0.4, 0.5) is 0 Å². The van der Waals surface area contributed by atoms with E-state index < -0.39 is 0 Å². The summed E-state index contributed by atoms with van der Waals surface area (Å²) in [6, 6.07) is 78.3. The van der Waals surface area contributed by atoms with Crippen LogP contribution in [0.5, 0.6) is 0 Å². The van der Waals surface area contributed by atoms with Crippen molar-refractivity contribution in [3.05, 3.63) is 240 Å². The van der Waals surface area contributed by atoms with Gasteiger partial charge >= 0.3 is 0 Å². The van der Waals surface area contributed by atoms with Gasteiger partial charge in [-0.1, -0.05) is 210 Å². The molecule has 0 saturated heterocycles. The fourth-order valence-electron chi connectivity index (χ4n) is 14.1. The number of aryl methyl sites for hydroxylation is 2. The van der Waals surface area contributed by atoms with Crippen molar-refractivity contribution in [2.45, 2.75) is 119 Å². The molecule has 0 atom stereocenters. The highest BCUT2D eigenvalue weighted by Crippen LogP contribution is 2.52. The molecule has 15 rings (SSSR count). The normalized spacial score (nSPS) is 12.9. The molecule has 434 valence electrons. The number of nitrogens with zero attached hydrogens (tertiary/aromatic N) is 6. The van der Waals surface area contributed by atoms with Crippen LogP contribution < -0.4 is 0 Å². The molecular formula is C82H76N6. The largest absolute Gasteiger partial charge is 0.305 e. The van der Waals surface area contributed by atoms with Crippen molar-refractivity contribution >= 4 is 87.2 Å². The van der Waals surface area contributed by atoms with Crippen molar-refractivity contribution in [2.24, 2.45) is 0 Å². The van der Waals surface area contributed by atoms with Crippen LogP contribution in [-0.4, -0.2) is 28.2 Å². The van der Waals surface area contributed by atoms with E-state index in [-0.39, 0.29) is 21.7 Å². The molecule has 0 radical (unpaired) electrons. The number of fused-ring (bicyclic) bond motifs is 12. The molecule has 0 amide bonds. The Morgan fingerprint density at radius 3 is 0.898 bits per heavy atom. The lowest BCUT2D eigenvalue weighted by Gasteiger charge is -2.28. The van der Waals surface area contributed by atoms with Crippen molar-refractivity contribution in [3.63, 3.8) is 0 Å². The number of rotatable bonds is 6. The van der Waals surface area contributed by atoms with E-state index >= 15 is 0 Å². The molecule has 88 heavy (non-hydrogen) atoms. The highest BCUT2D eigenvalue weighted by Gasteiger charge is 2.35. The summed E-state index contributed by atoms with van der Waals surface area (Å²) in [5.74, 6) is 1.63. The Hall–Kier alpha value is -9.52. The van der Waals surface area contributed by atoms with Gasteiger partial charge in [-0.3, -0.25) is 14.1 Å². The van der Waals surface area contributed by atoms with Gasteiger partial charge in [-0.05, 0) is 148 Å². The van der Waals surface area contributed by atoms with Crippen LogP contribution >= 0.6 is 0 Å². The van der Waals surface area contributed by atoms with Crippen LogP contribution in [0, 0.1) is 13.8 Å². The van der Waals surface area contributed by atoms with Gasteiger partial charge in [-0.2, -0.15) is 0 Å². The maximum absolute atomic E-state index is 6.64. The molecule has 6 nitrogen and oxygen atoms in total. The summed E-state index contributed by atoms with van der Waals surface area (Å²) in [4.78, 5) is 11.9. The fourth-order valence-corrected chi connectivity index (χ4v) is 14.1. The van der Waals surface area contributed by atoms with Crippen molar-refractivity contribution < 1.29 is 0 Å². The smallest absolute Gasteiger partial charge is 0.165 e. The second-order valence-electron chi connectivity index (χ2n) is 28.8. The monoisotopic (exact) mass is 1140 g/mol. The number of pyridine rings is 2. The maximum atomic E-state index is 6.64. The molecule has 0 bridgehead atoms. The molecule has 0 spiro atoms. The Bertz CT molecular complexity index is 5100. The van der Waals surface area contributed by atoms with Crippen LogP contribution in [0.25, 0.3) is 132 Å². The van der Waals surface area contributed by atoms with Gasteiger partial charge in [0.1, 0.15) is 11.4 Å². The van der Waals surface area contributed by atoms with Crippen molar-refractivity contribution in [3.8, 4) is 45.3 Å². The second-order valence-corrected chi connectivity index (χ2v) is 28.8. The summed E-state index contributed by atoms with van der Waals surface area (Å²) in [5, 5.41) is 9.46. The van der Waals surface area contributed by atoms with Crippen LogP contribution in [0.3, 0.4) is 0 Å². The first-order valence-electron chi connectivity index (χ1n) is 31.3. The zero-order chi connectivity index (χ0) is 61.1. The first kappa shape index (κ1) is 55.1. The predicted molar refractivity (Wildman–Crippen MR) is 375 cm³/mol. The van der Waals surface area contributed by atoms with E-state index in [2.05, 4.69) is 321 Å². The molecule has 0 unspecified atom stereocenters. The van der Waals surface area contributed by atoms with E-state index in [9.17, 15) is 0 Å². The first-order valence-corrected chi connectivity index (χ1v) is 31.3. The average Bonchev–Trinajstić information content (AvgIpc) is 1.46. The molecule has 6 heteroatoms. The van der Waals surface area contributed by atoms with Crippen LogP contribution in [0.2, 0.25) is 0 Å². The highest BCUT2D eigenvalue weighted by atomic mass is 15.2. The standard InChI is InChI=1S/C82H76N6/c1-49-35-40-55(50(2)83-49)56-25-15-16-30-61(56)74-75(85-66-31-21-17-26-57(66)62-45-51(79(3,4)5)36-41-70(62)85)77(87-68-33-23-19-28-59(68)64-47-53(81(9,10)11)38-43-72(64)87)84-78(88-69-34-24-20-29-60(69)65-48-54(82(12,13)14)39-44-73(65)88)76(74)86-67-32-22-18-27-58(67)63-46-52(80(6,7)8)37-42-71(63)86/h15-48H,1-14H3. The number of para-hydroxylation sites is 4. The lowest BCUT2D eigenvalue weighted by Crippen LogP contribution is -2.16. The lowest BCUT2D eigenvalue weighted by atomic mass is 9.86. The summed E-state index contributed by atoms with van der Waals surface area (Å²) >= 11 is 0. The molecule has 0 aliphatic carbocycles. The Balaban J connectivity index is 1.28. The van der Waals surface area contributed by atoms with E-state index in [0.29, 0.717) is 0 Å². The SMILES string of the molecule is Cc1ccc(-c2ccccc2-c2c(-n3c4ccccc4c4cc(C(C)(C)C)ccc43)c(-n3c4ccccc4c4cc(C(C)(C)C)ccc43)nc(-n3c4ccccc4c4cc(C(C)(C)C)ccc43)c2-n2c3ccccc3c3cc(C(C)(C)C)ccc32)c(C)n1. The van der Waals surface area contributed by atoms with Gasteiger partial charge in [0.25, 0.3) is 0 Å². The van der Waals surface area contributed by atoms with Gasteiger partial charge < -0.3 is 9.13 Å². The molecule has 6 aromatic heterocycles. The van der Waals surface area contributed by atoms with Crippen LogP contribution in [0.1, 0.15) is 117 Å². The molecule has 15 aromatic rings. The van der Waals surface area contributed by atoms with Crippen molar-refractivity contribution in [1.29, 1.82) is 0 Å². The van der Waals surface area contributed by atoms with Crippen LogP contribution in [-0.2, 0) is 21.7 Å². The molecule has 0 aliphatic rings. The topological polar surface area (TPSA) is 45.5 Å². The minimum absolute atomic E-state index is 0.0936. The third-order valence-electron chi connectivity index (χ3n) is 18.8. The quantitative estimate of drug-likeness (QED) is 0.167. The molecule has 0 saturated carbocycles. The van der Waals surface area contributed by atoms with Gasteiger partial charge in [0.15, 0.2) is 11.6 Å². The maximum Gasteiger partial charge on any atom is 0.165 e. The molecule has 0 N–H and O–H groups in total. The molecular weight excluding hydrogens is 1070 g/mol. The van der Waals surface area contributed by atoms with E-state index in [4.69, 9.17) is 9.97 Å². The summed E-state index contributed by atoms with van der Waals surface area (Å²) in [7, 11) is 0. The second kappa shape index (κ2) is 19.5. The van der Waals surface area contributed by atoms with Crippen molar-refractivity contribution in [2.75, 3.05) is 0 Å². The number of aromatic nitrogens is 6. The molecule has 6 heterocycles. The minimum Gasteiger partial charge on any atom is -0.305 e. The Morgan fingerprint density at radius 1 is 0.261 bits per heavy atom. The number of benzene rings is 9. The zero-order valence-electron chi connectivity index (χ0n) is 53.3. The van der Waals surface area contributed by atoms with Crippen LogP contribution in [0.15, 0.2) is 206 Å². The van der Waals surface area contributed by atoms with E-state index in [1.54, 1.807) is 0 Å². The molecule has 9 aromatic carbocycles. The Morgan fingerprint density at radius 2 is 0.557 bits per heavy atom. The summed E-state index contributed by atoms with van der Waals surface area (Å²) < 4.78 is 10.2. The third-order valence-corrected chi connectivity index (χ3v) is 18.8. The Labute approximate surface area is 516 Å². The summed E-state index contributed by atoms with van der Waals surface area (Å²) in [6.45, 7) is 32.1. The first-order chi connectivity index (χ1) is 42.0. The minimum atomic E-state index is -0.100. The number of hydrogen-bond donors (Lipinski definition) is 0. The fraction of sp³-hybridized carbons (Fsp3) is 0.220. The third kappa shape index (κ3) is 8.49. The van der Waals surface area contributed by atoms with Gasteiger partial charge in [-0.25, -0.2) is 4.98 Å². The van der Waals surface area contributed by atoms with E-state index in [1.165, 1.54) is 65.3 Å². The summed E-state index contributed by atoms with van der Waals surface area (Å²) in [6.07, 6.45) is 0. The van der Waals surface area contributed by atoms with Gasteiger partial charge in [-0.15, -0.1) is 0 Å². The zero-order valence-corrected chi connectivity index (χ0v) is 53.3. The van der Waals surface area contributed by atoms with Gasteiger partial charge in [0.05, 0.1) is 44.1 Å². The molecule has 0 fully saturated rings. The predicted octanol–water partition coefficient (Wildman–Crippen LogP) is 22.0. The van der Waals surface area contributed by atoms with E-state index in [0.717, 1.165) is 101 Å². The van der Waals surface area contributed by atoms with Gasteiger partial charge in [0, 0.05) is 65.6 Å². The Kier molecular flexibility index (Phi) is 12.2. The summed E-state index contributed by atoms with van der Waals surface area (Å²) in [5.41, 5.74) is 21.6. The molecule has 0 aliphatic heterocycles. The average molecular weight is 1150 g/mol. The van der Waals surface area contributed by atoms with Crippen molar-refractivity contribution in [1.82, 2.24) is 28.2 Å². The number of hydrogen-bond acceptors (Lipinski definition) is 2. The van der Waals surface area contributed by atoms with E-state index in [1.807, 2.05) is 0 Å². The lowest BCUT2D eigenvalue weighted by molar-refractivity contribution is 0.591. The van der Waals surface area contributed by atoms with Gasteiger partial charge in [0.2, 0.25) is 0 Å². The highest BCUT2D eigenvalue weighted by molar-refractivity contribution is 6.16.